The Morgan fingerprint density at radius 3 is 2.45 bits per heavy atom. The lowest BCUT2D eigenvalue weighted by atomic mass is 9.98. The zero-order chi connectivity index (χ0) is 20.4. The molecule has 0 spiro atoms. The van der Waals surface area contributed by atoms with Crippen LogP contribution in [0.4, 0.5) is 0 Å². The largest absolute Gasteiger partial charge is 0.385 e. The predicted octanol–water partition coefficient (Wildman–Crippen LogP) is 3.51. The van der Waals surface area contributed by atoms with Gasteiger partial charge in [0.25, 0.3) is 11.8 Å². The molecular formula is C23H23ClN2O3. The zero-order valence-corrected chi connectivity index (χ0v) is 17.1. The smallest absolute Gasteiger partial charge is 0.277 e. The number of halogens is 1. The Morgan fingerprint density at radius 1 is 1.00 bits per heavy atom. The van der Waals surface area contributed by atoms with Crippen molar-refractivity contribution in [1.29, 1.82) is 0 Å². The van der Waals surface area contributed by atoms with E-state index in [0.29, 0.717) is 49.0 Å². The number of fused-ring (bicyclic) bond motifs is 1. The first-order valence-corrected chi connectivity index (χ1v) is 10.1. The van der Waals surface area contributed by atoms with Gasteiger partial charge in [-0.15, -0.1) is 0 Å². The van der Waals surface area contributed by atoms with Crippen molar-refractivity contribution in [3.8, 4) is 0 Å². The van der Waals surface area contributed by atoms with Gasteiger partial charge in [0.2, 0.25) is 0 Å². The van der Waals surface area contributed by atoms with E-state index in [1.165, 1.54) is 16.0 Å². The van der Waals surface area contributed by atoms with Crippen LogP contribution in [0, 0.1) is 0 Å². The third-order valence-electron chi connectivity index (χ3n) is 5.45. The van der Waals surface area contributed by atoms with Gasteiger partial charge in [-0.05, 0) is 41.7 Å². The van der Waals surface area contributed by atoms with Gasteiger partial charge in [-0.25, -0.2) is 0 Å². The molecule has 2 aromatic rings. The van der Waals surface area contributed by atoms with Crippen LogP contribution < -0.4 is 0 Å². The number of nitrogens with zero attached hydrogens (tertiary/aromatic N) is 2. The minimum absolute atomic E-state index is 0.226. The average molecular weight is 411 g/mol. The Hall–Kier alpha value is -2.63. The number of hydrogen-bond acceptors (Lipinski definition) is 4. The zero-order valence-electron chi connectivity index (χ0n) is 16.4. The Kier molecular flexibility index (Phi) is 5.69. The maximum atomic E-state index is 13.3. The van der Waals surface area contributed by atoms with Crippen LogP contribution in [0.15, 0.2) is 54.2 Å². The maximum Gasteiger partial charge on any atom is 0.277 e. The fourth-order valence-electron chi connectivity index (χ4n) is 3.99. The summed E-state index contributed by atoms with van der Waals surface area (Å²) in [4.78, 5) is 29.9. The molecule has 0 aromatic heterocycles. The summed E-state index contributed by atoms with van der Waals surface area (Å²) in [6, 6.07) is 15.4. The van der Waals surface area contributed by atoms with Gasteiger partial charge < -0.3 is 9.64 Å². The van der Waals surface area contributed by atoms with Crippen LogP contribution in [-0.4, -0.2) is 48.4 Å². The van der Waals surface area contributed by atoms with E-state index in [2.05, 4.69) is 12.1 Å². The molecule has 29 heavy (non-hydrogen) atoms. The molecule has 2 aliphatic rings. The molecule has 2 amide bonds. The number of carbonyl (C=O) groups excluding carboxylic acids is 2. The van der Waals surface area contributed by atoms with Gasteiger partial charge >= 0.3 is 0 Å². The van der Waals surface area contributed by atoms with Crippen molar-refractivity contribution in [3.05, 3.63) is 75.9 Å². The Labute approximate surface area is 175 Å². The molecule has 2 aliphatic heterocycles. The molecule has 0 N–H and O–H groups in total. The van der Waals surface area contributed by atoms with Gasteiger partial charge in [0.1, 0.15) is 5.70 Å². The van der Waals surface area contributed by atoms with Crippen molar-refractivity contribution in [1.82, 2.24) is 9.80 Å². The van der Waals surface area contributed by atoms with Crippen LogP contribution in [-0.2, 0) is 27.3 Å². The van der Waals surface area contributed by atoms with E-state index < -0.39 is 0 Å². The summed E-state index contributed by atoms with van der Waals surface area (Å²) in [6.07, 6.45) is 1.46. The number of ether oxygens (including phenoxy) is 1. The van der Waals surface area contributed by atoms with Crippen molar-refractivity contribution >= 4 is 29.0 Å². The van der Waals surface area contributed by atoms with Crippen LogP contribution in [0.2, 0.25) is 5.02 Å². The van der Waals surface area contributed by atoms with Crippen molar-refractivity contribution in [2.45, 2.75) is 19.4 Å². The standard InChI is InChI=1S/C23H23ClN2O3/c1-29-14-4-12-26-22(27)20(17-7-9-19(24)10-8-17)21(23(26)28)25-13-11-16-5-2-3-6-18(16)15-25/h2-3,5-10H,4,11-15H2,1H3. The van der Waals surface area contributed by atoms with Gasteiger partial charge in [0.15, 0.2) is 0 Å². The summed E-state index contributed by atoms with van der Waals surface area (Å²) < 4.78 is 5.09. The molecule has 0 bridgehead atoms. The Balaban J connectivity index is 1.72. The van der Waals surface area contributed by atoms with Gasteiger partial charge in [-0.1, -0.05) is 48.0 Å². The molecule has 0 atom stereocenters. The highest BCUT2D eigenvalue weighted by molar-refractivity contribution is 6.36. The molecular weight excluding hydrogens is 388 g/mol. The van der Waals surface area contributed by atoms with Crippen LogP contribution >= 0.6 is 11.6 Å². The predicted molar refractivity (Wildman–Crippen MR) is 112 cm³/mol. The number of hydrogen-bond donors (Lipinski definition) is 0. The molecule has 0 fully saturated rings. The molecule has 2 heterocycles. The van der Waals surface area contributed by atoms with Crippen molar-refractivity contribution in [3.63, 3.8) is 0 Å². The maximum absolute atomic E-state index is 13.3. The molecule has 2 aromatic carbocycles. The normalized spacial score (nSPS) is 16.6. The number of imide groups is 1. The topological polar surface area (TPSA) is 49.9 Å². The fourth-order valence-corrected chi connectivity index (χ4v) is 4.12. The highest BCUT2D eigenvalue weighted by Crippen LogP contribution is 2.34. The second-order valence-corrected chi connectivity index (χ2v) is 7.72. The highest BCUT2D eigenvalue weighted by Gasteiger charge is 2.41. The Morgan fingerprint density at radius 2 is 1.72 bits per heavy atom. The second-order valence-electron chi connectivity index (χ2n) is 7.28. The number of rotatable bonds is 6. The van der Waals surface area contributed by atoms with Gasteiger partial charge in [-0.3, -0.25) is 14.5 Å². The summed E-state index contributed by atoms with van der Waals surface area (Å²) in [5.41, 5.74) is 4.16. The van der Waals surface area contributed by atoms with E-state index in [9.17, 15) is 9.59 Å². The summed E-state index contributed by atoms with van der Waals surface area (Å²) >= 11 is 6.04. The van der Waals surface area contributed by atoms with Gasteiger partial charge in [0.05, 0.1) is 5.57 Å². The number of methoxy groups -OCH3 is 1. The second kappa shape index (κ2) is 8.39. The van der Waals surface area contributed by atoms with E-state index in [4.69, 9.17) is 16.3 Å². The molecule has 0 saturated carbocycles. The summed E-state index contributed by atoms with van der Waals surface area (Å²) in [5, 5.41) is 0.594. The van der Waals surface area contributed by atoms with Crippen LogP contribution in [0.25, 0.3) is 5.57 Å². The molecule has 5 nitrogen and oxygen atoms in total. The molecule has 150 valence electrons. The first-order chi connectivity index (χ1) is 14.1. The molecule has 0 aliphatic carbocycles. The SMILES string of the molecule is COCCCN1C(=O)C(c2ccc(Cl)cc2)=C(N2CCc3ccccc3C2)C1=O. The quantitative estimate of drug-likeness (QED) is 0.540. The third-order valence-corrected chi connectivity index (χ3v) is 5.71. The average Bonchev–Trinajstić information content (AvgIpc) is 2.99. The third kappa shape index (κ3) is 3.80. The first kappa shape index (κ1) is 19.7. The summed E-state index contributed by atoms with van der Waals surface area (Å²) in [7, 11) is 1.61. The van der Waals surface area contributed by atoms with E-state index in [0.717, 1.165) is 12.0 Å². The van der Waals surface area contributed by atoms with Crippen molar-refractivity contribution in [2.24, 2.45) is 0 Å². The summed E-state index contributed by atoms with van der Waals surface area (Å²) in [5.74, 6) is -0.474. The van der Waals surface area contributed by atoms with E-state index in [1.54, 1.807) is 31.4 Å². The van der Waals surface area contributed by atoms with Gasteiger partial charge in [0, 0.05) is 38.4 Å². The first-order valence-electron chi connectivity index (χ1n) is 9.77. The van der Waals surface area contributed by atoms with Crippen LogP contribution in [0.1, 0.15) is 23.1 Å². The summed E-state index contributed by atoms with van der Waals surface area (Å²) in [6.45, 7) is 2.16. The molecule has 0 unspecified atom stereocenters. The lowest BCUT2D eigenvalue weighted by molar-refractivity contribution is -0.137. The number of amides is 2. The minimum Gasteiger partial charge on any atom is -0.385 e. The molecule has 6 heteroatoms. The number of carbonyl (C=O) groups is 2. The van der Waals surface area contributed by atoms with Crippen molar-refractivity contribution < 1.29 is 14.3 Å². The van der Waals surface area contributed by atoms with Crippen LogP contribution in [0.3, 0.4) is 0 Å². The lowest BCUT2D eigenvalue weighted by Gasteiger charge is -2.31. The van der Waals surface area contributed by atoms with E-state index in [-0.39, 0.29) is 11.8 Å². The molecule has 0 radical (unpaired) electrons. The monoisotopic (exact) mass is 410 g/mol. The lowest BCUT2D eigenvalue weighted by Crippen LogP contribution is -2.38. The number of benzene rings is 2. The van der Waals surface area contributed by atoms with E-state index >= 15 is 0 Å². The molecule has 0 saturated heterocycles. The van der Waals surface area contributed by atoms with E-state index in [1.807, 2.05) is 17.0 Å². The fraction of sp³-hybridized carbons (Fsp3) is 0.304. The Bertz CT molecular complexity index is 968. The highest BCUT2D eigenvalue weighted by atomic mass is 35.5. The molecule has 4 rings (SSSR count). The minimum atomic E-state index is -0.248. The van der Waals surface area contributed by atoms with Crippen molar-refractivity contribution in [2.75, 3.05) is 26.8 Å². The van der Waals surface area contributed by atoms with Gasteiger partial charge in [-0.2, -0.15) is 0 Å². The van der Waals surface area contributed by atoms with Crippen LogP contribution in [0.5, 0.6) is 0 Å².